The van der Waals surface area contributed by atoms with E-state index in [0.717, 1.165) is 34.2 Å². The number of carbonyl (C=O) groups is 1. The number of hydrogen-bond donors (Lipinski definition) is 1. The van der Waals surface area contributed by atoms with Gasteiger partial charge in [-0.2, -0.15) is 0 Å². The van der Waals surface area contributed by atoms with Crippen molar-refractivity contribution in [3.8, 4) is 0 Å². The largest absolute Gasteiger partial charge is 0.388 e. The fraction of sp³-hybridized carbons (Fsp3) is 0.167. The van der Waals surface area contributed by atoms with Crippen LogP contribution in [0.2, 0.25) is 0 Å². The van der Waals surface area contributed by atoms with Gasteiger partial charge in [0, 0.05) is 23.9 Å². The standard InChI is InChI=1S/C18H19NO/c1-13-8-9-18(19-3)17(10-13)16(12-20)11-15-7-5-4-6-14(15)2/h4-12,19H,1-3H3/b16-11+. The predicted molar refractivity (Wildman–Crippen MR) is 85.8 cm³/mol. The van der Waals surface area contributed by atoms with Crippen LogP contribution in [0.3, 0.4) is 0 Å². The van der Waals surface area contributed by atoms with Gasteiger partial charge in [-0.05, 0) is 43.2 Å². The Morgan fingerprint density at radius 2 is 1.85 bits per heavy atom. The Hall–Kier alpha value is -2.35. The van der Waals surface area contributed by atoms with E-state index in [0.29, 0.717) is 5.57 Å². The maximum Gasteiger partial charge on any atom is 0.150 e. The average Bonchev–Trinajstić information content (AvgIpc) is 2.46. The number of anilines is 1. The number of benzene rings is 2. The highest BCUT2D eigenvalue weighted by Gasteiger charge is 2.07. The fourth-order valence-electron chi connectivity index (χ4n) is 2.21. The van der Waals surface area contributed by atoms with E-state index in [9.17, 15) is 4.79 Å². The van der Waals surface area contributed by atoms with Crippen molar-refractivity contribution in [3.05, 3.63) is 64.7 Å². The molecular weight excluding hydrogens is 246 g/mol. The van der Waals surface area contributed by atoms with Crippen LogP contribution < -0.4 is 5.32 Å². The first-order chi connectivity index (χ1) is 9.65. The van der Waals surface area contributed by atoms with Crippen molar-refractivity contribution in [1.82, 2.24) is 0 Å². The van der Waals surface area contributed by atoms with Crippen molar-refractivity contribution in [2.45, 2.75) is 13.8 Å². The number of rotatable bonds is 4. The van der Waals surface area contributed by atoms with Gasteiger partial charge in [0.2, 0.25) is 0 Å². The Balaban J connectivity index is 2.56. The highest BCUT2D eigenvalue weighted by Crippen LogP contribution is 2.26. The Morgan fingerprint density at radius 3 is 2.50 bits per heavy atom. The van der Waals surface area contributed by atoms with Gasteiger partial charge >= 0.3 is 0 Å². The number of hydrogen-bond acceptors (Lipinski definition) is 2. The minimum atomic E-state index is 0.687. The summed E-state index contributed by atoms with van der Waals surface area (Å²) in [5.41, 5.74) is 5.95. The van der Waals surface area contributed by atoms with E-state index in [4.69, 9.17) is 0 Å². The van der Waals surface area contributed by atoms with E-state index in [1.54, 1.807) is 0 Å². The van der Waals surface area contributed by atoms with Crippen LogP contribution >= 0.6 is 0 Å². The number of aldehydes is 1. The Kier molecular flexibility index (Phi) is 4.36. The van der Waals surface area contributed by atoms with E-state index in [-0.39, 0.29) is 0 Å². The molecule has 2 nitrogen and oxygen atoms in total. The summed E-state index contributed by atoms with van der Waals surface area (Å²) in [5.74, 6) is 0. The summed E-state index contributed by atoms with van der Waals surface area (Å²) in [6.45, 7) is 4.07. The van der Waals surface area contributed by atoms with E-state index in [1.807, 2.05) is 69.4 Å². The summed E-state index contributed by atoms with van der Waals surface area (Å²) in [5, 5.41) is 3.14. The van der Waals surface area contributed by atoms with E-state index in [2.05, 4.69) is 5.32 Å². The van der Waals surface area contributed by atoms with Crippen LogP contribution in [0.15, 0.2) is 42.5 Å². The second-order valence-electron chi connectivity index (χ2n) is 4.87. The topological polar surface area (TPSA) is 29.1 Å². The van der Waals surface area contributed by atoms with Crippen LogP contribution in [-0.2, 0) is 4.79 Å². The zero-order valence-corrected chi connectivity index (χ0v) is 12.1. The molecule has 2 rings (SSSR count). The SMILES string of the molecule is CNc1ccc(C)cc1/C(C=O)=C/c1ccccc1C. The number of aryl methyl sites for hydroxylation is 2. The van der Waals surface area contributed by atoms with Crippen molar-refractivity contribution < 1.29 is 4.79 Å². The summed E-state index contributed by atoms with van der Waals surface area (Å²) in [6, 6.07) is 14.1. The third-order valence-electron chi connectivity index (χ3n) is 3.38. The highest BCUT2D eigenvalue weighted by molar-refractivity contribution is 6.15. The van der Waals surface area contributed by atoms with E-state index >= 15 is 0 Å². The summed E-state index contributed by atoms with van der Waals surface area (Å²) >= 11 is 0. The molecule has 0 amide bonds. The van der Waals surface area contributed by atoms with Crippen LogP contribution in [0, 0.1) is 13.8 Å². The third kappa shape index (κ3) is 2.97. The van der Waals surface area contributed by atoms with Gasteiger partial charge in [-0.25, -0.2) is 0 Å². The molecule has 0 atom stereocenters. The Morgan fingerprint density at radius 1 is 1.10 bits per heavy atom. The van der Waals surface area contributed by atoms with Crippen LogP contribution in [0.4, 0.5) is 5.69 Å². The molecule has 0 fully saturated rings. The molecule has 0 aliphatic carbocycles. The van der Waals surface area contributed by atoms with Crippen molar-refractivity contribution in [2.75, 3.05) is 12.4 Å². The van der Waals surface area contributed by atoms with Crippen molar-refractivity contribution >= 4 is 23.6 Å². The van der Waals surface area contributed by atoms with Crippen LogP contribution in [0.5, 0.6) is 0 Å². The quantitative estimate of drug-likeness (QED) is 0.512. The molecule has 0 unspecified atom stereocenters. The molecule has 2 aromatic carbocycles. The predicted octanol–water partition coefficient (Wildman–Crippen LogP) is 4.08. The zero-order valence-electron chi connectivity index (χ0n) is 12.1. The molecule has 102 valence electrons. The molecule has 0 radical (unpaired) electrons. The summed E-state index contributed by atoms with van der Waals surface area (Å²) in [6.07, 6.45) is 2.86. The molecule has 0 aliphatic heterocycles. The molecule has 0 bridgehead atoms. The molecule has 0 spiro atoms. The molecule has 0 saturated heterocycles. The molecule has 0 aromatic heterocycles. The van der Waals surface area contributed by atoms with Gasteiger partial charge in [0.25, 0.3) is 0 Å². The van der Waals surface area contributed by atoms with Crippen LogP contribution in [0.25, 0.3) is 11.6 Å². The van der Waals surface area contributed by atoms with Gasteiger partial charge in [-0.1, -0.05) is 35.9 Å². The van der Waals surface area contributed by atoms with E-state index in [1.165, 1.54) is 0 Å². The van der Waals surface area contributed by atoms with Gasteiger partial charge in [-0.15, -0.1) is 0 Å². The lowest BCUT2D eigenvalue weighted by molar-refractivity contribution is -0.103. The van der Waals surface area contributed by atoms with Gasteiger partial charge in [0.05, 0.1) is 0 Å². The van der Waals surface area contributed by atoms with Gasteiger partial charge < -0.3 is 5.32 Å². The first kappa shape index (κ1) is 14.1. The molecule has 2 heteroatoms. The zero-order chi connectivity index (χ0) is 14.5. The van der Waals surface area contributed by atoms with Crippen molar-refractivity contribution in [1.29, 1.82) is 0 Å². The van der Waals surface area contributed by atoms with E-state index < -0.39 is 0 Å². The first-order valence-corrected chi connectivity index (χ1v) is 6.67. The van der Waals surface area contributed by atoms with Gasteiger partial charge in [0.1, 0.15) is 0 Å². The Bertz CT molecular complexity index is 656. The smallest absolute Gasteiger partial charge is 0.150 e. The molecule has 0 heterocycles. The molecule has 0 saturated carbocycles. The molecule has 1 N–H and O–H groups in total. The van der Waals surface area contributed by atoms with Crippen molar-refractivity contribution in [3.63, 3.8) is 0 Å². The fourth-order valence-corrected chi connectivity index (χ4v) is 2.21. The minimum absolute atomic E-state index is 0.687. The highest BCUT2D eigenvalue weighted by atomic mass is 16.1. The van der Waals surface area contributed by atoms with Crippen LogP contribution in [0.1, 0.15) is 22.3 Å². The maximum atomic E-state index is 11.5. The van der Waals surface area contributed by atoms with Gasteiger partial charge in [0.15, 0.2) is 6.29 Å². The lowest BCUT2D eigenvalue weighted by Crippen LogP contribution is -1.97. The van der Waals surface area contributed by atoms with Gasteiger partial charge in [-0.3, -0.25) is 4.79 Å². The Labute approximate surface area is 120 Å². The normalized spacial score (nSPS) is 11.2. The molecule has 20 heavy (non-hydrogen) atoms. The lowest BCUT2D eigenvalue weighted by atomic mass is 9.98. The number of allylic oxidation sites excluding steroid dienone is 1. The third-order valence-corrected chi connectivity index (χ3v) is 3.38. The second-order valence-corrected chi connectivity index (χ2v) is 4.87. The summed E-state index contributed by atoms with van der Waals surface area (Å²) in [7, 11) is 1.87. The lowest BCUT2D eigenvalue weighted by Gasteiger charge is -2.10. The molecule has 2 aromatic rings. The summed E-state index contributed by atoms with van der Waals surface area (Å²) < 4.78 is 0. The van der Waals surface area contributed by atoms with Crippen molar-refractivity contribution in [2.24, 2.45) is 0 Å². The monoisotopic (exact) mass is 265 g/mol. The first-order valence-electron chi connectivity index (χ1n) is 6.67. The molecular formula is C18H19NO. The average molecular weight is 265 g/mol. The minimum Gasteiger partial charge on any atom is -0.388 e. The summed E-state index contributed by atoms with van der Waals surface area (Å²) in [4.78, 5) is 11.5. The number of carbonyl (C=O) groups excluding carboxylic acids is 1. The second kappa shape index (κ2) is 6.20. The molecule has 0 aliphatic rings. The number of nitrogens with one attached hydrogen (secondary N) is 1. The van der Waals surface area contributed by atoms with Crippen LogP contribution in [-0.4, -0.2) is 13.3 Å². The maximum absolute atomic E-state index is 11.5.